The highest BCUT2D eigenvalue weighted by Gasteiger charge is 2.55. The number of rotatable bonds is 1. The topological polar surface area (TPSA) is 17.1 Å². The molecule has 2 rings (SSSR count). The molecule has 0 spiro atoms. The number of carbonyl (C=O) groups excluding carboxylic acids is 1. The van der Waals surface area contributed by atoms with Crippen molar-refractivity contribution in [2.75, 3.05) is 0 Å². The maximum Gasteiger partial charge on any atom is 0.161 e. The molecule has 0 saturated heterocycles. The first kappa shape index (κ1) is 10.9. The van der Waals surface area contributed by atoms with Gasteiger partial charge in [-0.25, -0.2) is 0 Å². The smallest absolute Gasteiger partial charge is 0.161 e. The molecule has 1 fully saturated rings. The van der Waals surface area contributed by atoms with Crippen molar-refractivity contribution in [2.45, 2.75) is 47.5 Å². The Hall–Kier alpha value is -0.590. The predicted octanol–water partition coefficient (Wildman–Crippen LogP) is 3.59. The molecule has 0 aliphatic heterocycles. The van der Waals surface area contributed by atoms with Crippen molar-refractivity contribution in [2.24, 2.45) is 22.7 Å². The SMILES string of the molecule is CC1=CC2(C(C)C)CC(C1=O)C(C)(C)C2. The average Bonchev–Trinajstić information content (AvgIpc) is 2.32. The summed E-state index contributed by atoms with van der Waals surface area (Å²) in [5, 5.41) is 0. The second-order valence-corrected chi connectivity index (χ2v) is 6.50. The first-order valence-electron chi connectivity index (χ1n) is 6.02. The summed E-state index contributed by atoms with van der Waals surface area (Å²) in [6.45, 7) is 11.1. The van der Waals surface area contributed by atoms with Crippen molar-refractivity contribution < 1.29 is 4.79 Å². The highest BCUT2D eigenvalue weighted by atomic mass is 16.1. The van der Waals surface area contributed by atoms with Crippen LogP contribution < -0.4 is 0 Å². The van der Waals surface area contributed by atoms with Crippen molar-refractivity contribution in [1.82, 2.24) is 0 Å². The third-order valence-electron chi connectivity index (χ3n) is 4.67. The van der Waals surface area contributed by atoms with Crippen LogP contribution in [0.25, 0.3) is 0 Å². The molecule has 1 heteroatoms. The minimum atomic E-state index is 0.190. The number of ketones is 1. The Labute approximate surface area is 92.9 Å². The van der Waals surface area contributed by atoms with Crippen LogP contribution in [0.15, 0.2) is 11.6 Å². The third kappa shape index (κ3) is 1.39. The Bertz CT molecular complexity index is 335. The van der Waals surface area contributed by atoms with Crippen molar-refractivity contribution in [3.63, 3.8) is 0 Å². The zero-order chi connectivity index (χ0) is 11.4. The zero-order valence-electron chi connectivity index (χ0n) is 10.6. The Morgan fingerprint density at radius 3 is 2.53 bits per heavy atom. The Morgan fingerprint density at radius 1 is 1.40 bits per heavy atom. The zero-order valence-corrected chi connectivity index (χ0v) is 10.6. The lowest BCUT2D eigenvalue weighted by Gasteiger charge is -2.33. The molecular weight excluding hydrogens is 184 g/mol. The van der Waals surface area contributed by atoms with Gasteiger partial charge in [0.2, 0.25) is 0 Å². The fourth-order valence-corrected chi connectivity index (χ4v) is 3.64. The summed E-state index contributed by atoms with van der Waals surface area (Å²) >= 11 is 0. The fraction of sp³-hybridized carbons (Fsp3) is 0.786. The predicted molar refractivity (Wildman–Crippen MR) is 62.5 cm³/mol. The summed E-state index contributed by atoms with van der Waals surface area (Å²) in [5.41, 5.74) is 1.49. The number of fused-ring (bicyclic) bond motifs is 2. The minimum Gasteiger partial charge on any atom is -0.294 e. The molecule has 0 aromatic heterocycles. The van der Waals surface area contributed by atoms with E-state index in [0.29, 0.717) is 17.1 Å². The van der Waals surface area contributed by atoms with Crippen LogP contribution in [-0.4, -0.2) is 5.78 Å². The summed E-state index contributed by atoms with van der Waals surface area (Å²) in [5.74, 6) is 1.31. The molecule has 2 unspecified atom stereocenters. The van der Waals surface area contributed by atoms with Gasteiger partial charge >= 0.3 is 0 Å². The fourth-order valence-electron chi connectivity index (χ4n) is 3.64. The van der Waals surface area contributed by atoms with Crippen molar-refractivity contribution in [3.05, 3.63) is 11.6 Å². The van der Waals surface area contributed by atoms with Crippen molar-refractivity contribution >= 4 is 5.78 Å². The molecular formula is C14H22O. The summed E-state index contributed by atoms with van der Waals surface area (Å²) < 4.78 is 0. The average molecular weight is 206 g/mol. The molecule has 2 atom stereocenters. The van der Waals surface area contributed by atoms with E-state index in [1.54, 1.807) is 0 Å². The molecule has 0 aromatic carbocycles. The van der Waals surface area contributed by atoms with Gasteiger partial charge in [0.15, 0.2) is 5.78 Å². The van der Waals surface area contributed by atoms with Gasteiger partial charge < -0.3 is 0 Å². The van der Waals surface area contributed by atoms with Gasteiger partial charge in [-0.1, -0.05) is 33.8 Å². The van der Waals surface area contributed by atoms with Crippen LogP contribution in [0.2, 0.25) is 0 Å². The molecule has 2 aliphatic carbocycles. The van der Waals surface area contributed by atoms with Crippen LogP contribution in [-0.2, 0) is 4.79 Å². The summed E-state index contributed by atoms with van der Waals surface area (Å²) in [7, 11) is 0. The molecule has 15 heavy (non-hydrogen) atoms. The van der Waals surface area contributed by atoms with Gasteiger partial charge in [0.05, 0.1) is 0 Å². The molecule has 84 valence electrons. The minimum absolute atomic E-state index is 0.190. The maximum atomic E-state index is 12.1. The Balaban J connectivity index is 2.49. The quantitative estimate of drug-likeness (QED) is 0.640. The lowest BCUT2D eigenvalue weighted by molar-refractivity contribution is -0.122. The molecule has 0 heterocycles. The highest BCUT2D eigenvalue weighted by molar-refractivity contribution is 5.98. The first-order valence-corrected chi connectivity index (χ1v) is 6.02. The molecule has 1 saturated carbocycles. The van der Waals surface area contributed by atoms with Crippen molar-refractivity contribution in [3.8, 4) is 0 Å². The van der Waals surface area contributed by atoms with Gasteiger partial charge in [0.1, 0.15) is 0 Å². The molecule has 0 radical (unpaired) electrons. The van der Waals surface area contributed by atoms with E-state index in [1.165, 1.54) is 6.42 Å². The number of hydrogen-bond acceptors (Lipinski definition) is 1. The molecule has 1 nitrogen and oxygen atoms in total. The molecule has 0 N–H and O–H groups in total. The van der Waals surface area contributed by atoms with Crippen LogP contribution >= 0.6 is 0 Å². The standard InChI is InChI=1S/C14H22O/c1-9(2)14-6-10(3)12(15)11(7-14)13(4,5)8-14/h6,9,11H,7-8H2,1-5H3. The highest BCUT2D eigenvalue weighted by Crippen LogP contribution is 2.60. The number of Topliss-reactive ketones (excluding diaryl/α,β-unsaturated/α-hetero) is 1. The largest absolute Gasteiger partial charge is 0.294 e. The lowest BCUT2D eigenvalue weighted by Crippen LogP contribution is -2.29. The molecule has 2 aliphatic rings. The Kier molecular flexibility index (Phi) is 2.15. The van der Waals surface area contributed by atoms with E-state index in [1.807, 2.05) is 6.92 Å². The van der Waals surface area contributed by atoms with Crippen LogP contribution in [0.3, 0.4) is 0 Å². The van der Waals surface area contributed by atoms with E-state index in [9.17, 15) is 4.79 Å². The van der Waals surface area contributed by atoms with Crippen LogP contribution in [0.5, 0.6) is 0 Å². The Morgan fingerprint density at radius 2 is 2.00 bits per heavy atom. The third-order valence-corrected chi connectivity index (χ3v) is 4.67. The van der Waals surface area contributed by atoms with E-state index < -0.39 is 0 Å². The second kappa shape index (κ2) is 2.96. The lowest BCUT2D eigenvalue weighted by atomic mass is 9.70. The van der Waals surface area contributed by atoms with E-state index >= 15 is 0 Å². The monoisotopic (exact) mass is 206 g/mol. The molecule has 0 amide bonds. The first-order chi connectivity index (χ1) is 6.78. The van der Waals surface area contributed by atoms with Crippen molar-refractivity contribution in [1.29, 1.82) is 0 Å². The normalized spacial score (nSPS) is 38.4. The van der Waals surface area contributed by atoms with Crippen LogP contribution in [0, 0.1) is 22.7 Å². The number of allylic oxidation sites excluding steroid dienone is 2. The van der Waals surface area contributed by atoms with E-state index in [-0.39, 0.29) is 11.3 Å². The van der Waals surface area contributed by atoms with Gasteiger partial charge in [-0.2, -0.15) is 0 Å². The van der Waals surface area contributed by atoms with Crippen LogP contribution in [0.4, 0.5) is 0 Å². The van der Waals surface area contributed by atoms with E-state index in [0.717, 1.165) is 12.0 Å². The maximum absolute atomic E-state index is 12.1. The summed E-state index contributed by atoms with van der Waals surface area (Å²) in [6.07, 6.45) is 4.52. The van der Waals surface area contributed by atoms with Gasteiger partial charge in [-0.15, -0.1) is 0 Å². The van der Waals surface area contributed by atoms with E-state index in [2.05, 4.69) is 33.8 Å². The molecule has 2 bridgehead atoms. The molecule has 0 aromatic rings. The number of hydrogen-bond donors (Lipinski definition) is 0. The van der Waals surface area contributed by atoms with Crippen LogP contribution in [0.1, 0.15) is 47.5 Å². The van der Waals surface area contributed by atoms with E-state index in [4.69, 9.17) is 0 Å². The van der Waals surface area contributed by atoms with Gasteiger partial charge in [-0.3, -0.25) is 4.79 Å². The van der Waals surface area contributed by atoms with Gasteiger partial charge in [0.25, 0.3) is 0 Å². The second-order valence-electron chi connectivity index (χ2n) is 6.50. The summed E-state index contributed by atoms with van der Waals surface area (Å²) in [6, 6.07) is 0. The van der Waals surface area contributed by atoms with Gasteiger partial charge in [-0.05, 0) is 42.1 Å². The number of carbonyl (C=O) groups is 1. The summed E-state index contributed by atoms with van der Waals surface area (Å²) in [4.78, 5) is 12.1. The van der Waals surface area contributed by atoms with Gasteiger partial charge in [0, 0.05) is 5.92 Å².